The molecule has 1 fully saturated rings. The summed E-state index contributed by atoms with van der Waals surface area (Å²) in [4.78, 5) is 24.2. The lowest BCUT2D eigenvalue weighted by atomic mass is 10.2. The second kappa shape index (κ2) is 8.65. The van der Waals surface area contributed by atoms with Crippen LogP contribution >= 0.6 is 0 Å². The Morgan fingerprint density at radius 2 is 2.12 bits per heavy atom. The maximum Gasteiger partial charge on any atom is 0.354 e. The molecule has 1 aliphatic heterocycles. The van der Waals surface area contributed by atoms with Gasteiger partial charge in [0.05, 0.1) is 13.2 Å². The Hall–Kier alpha value is -1.91. The monoisotopic (exact) mass is 387 g/mol. The van der Waals surface area contributed by atoms with E-state index in [1.807, 2.05) is 0 Å². The van der Waals surface area contributed by atoms with E-state index in [1.54, 1.807) is 14.0 Å². The zero-order valence-corrected chi connectivity index (χ0v) is 16.0. The minimum Gasteiger partial charge on any atom is -0.461 e. The van der Waals surface area contributed by atoms with Crippen molar-refractivity contribution in [3.8, 4) is 0 Å². The molecule has 2 rings (SSSR count). The molecular weight excluding hydrogens is 362 g/mol. The van der Waals surface area contributed by atoms with Gasteiger partial charge in [-0.25, -0.2) is 13.2 Å². The van der Waals surface area contributed by atoms with Crippen LogP contribution in [0.3, 0.4) is 0 Å². The number of nitrogens with zero attached hydrogens (tertiary/aromatic N) is 2. The molecule has 2 heterocycles. The number of hydrogen-bond acceptors (Lipinski definition) is 6. The van der Waals surface area contributed by atoms with Crippen molar-refractivity contribution in [2.24, 2.45) is 7.05 Å². The van der Waals surface area contributed by atoms with Gasteiger partial charge in [0.1, 0.15) is 16.6 Å². The van der Waals surface area contributed by atoms with E-state index < -0.39 is 22.0 Å². The second-order valence-corrected chi connectivity index (χ2v) is 7.84. The van der Waals surface area contributed by atoms with Crippen molar-refractivity contribution in [3.63, 3.8) is 0 Å². The highest BCUT2D eigenvalue weighted by Crippen LogP contribution is 2.27. The molecule has 1 saturated heterocycles. The van der Waals surface area contributed by atoms with Gasteiger partial charge in [-0.15, -0.1) is 0 Å². The molecule has 0 radical (unpaired) electrons. The van der Waals surface area contributed by atoms with Crippen molar-refractivity contribution < 1.29 is 27.5 Å². The Kier molecular flexibility index (Phi) is 6.79. The first-order chi connectivity index (χ1) is 12.3. The summed E-state index contributed by atoms with van der Waals surface area (Å²) >= 11 is 0. The van der Waals surface area contributed by atoms with Crippen molar-refractivity contribution in [1.82, 2.24) is 14.2 Å². The number of methoxy groups -OCH3 is 1. The Morgan fingerprint density at radius 1 is 1.38 bits per heavy atom. The SMILES string of the molecule is CCOC(=O)c1cc(S(=O)(=O)N2CCCC2C(=O)NCCOC)cn1C. The molecule has 0 bridgehead atoms. The fraction of sp³-hybridized carbons (Fsp3) is 0.625. The van der Waals surface area contributed by atoms with Crippen LogP contribution in [0.15, 0.2) is 17.2 Å². The molecule has 1 aromatic rings. The van der Waals surface area contributed by atoms with Gasteiger partial charge in [0.15, 0.2) is 0 Å². The molecule has 1 atom stereocenters. The van der Waals surface area contributed by atoms with E-state index in [0.717, 1.165) is 0 Å². The first-order valence-electron chi connectivity index (χ1n) is 8.45. The van der Waals surface area contributed by atoms with Crippen LogP contribution in [-0.2, 0) is 31.3 Å². The number of rotatable bonds is 8. The Bertz CT molecular complexity index is 758. The van der Waals surface area contributed by atoms with Crippen LogP contribution in [0.2, 0.25) is 0 Å². The van der Waals surface area contributed by atoms with Gasteiger partial charge in [-0.1, -0.05) is 0 Å². The molecule has 1 aliphatic rings. The summed E-state index contributed by atoms with van der Waals surface area (Å²) in [5.74, 6) is -0.934. The largest absolute Gasteiger partial charge is 0.461 e. The number of hydrogen-bond donors (Lipinski definition) is 1. The Labute approximate surface area is 153 Å². The van der Waals surface area contributed by atoms with Crippen molar-refractivity contribution in [2.45, 2.75) is 30.7 Å². The molecule has 0 saturated carbocycles. The Balaban J connectivity index is 2.22. The highest BCUT2D eigenvalue weighted by Gasteiger charge is 2.40. The lowest BCUT2D eigenvalue weighted by Crippen LogP contribution is -2.46. The minimum atomic E-state index is -3.90. The number of nitrogens with one attached hydrogen (secondary N) is 1. The maximum absolute atomic E-state index is 13.0. The van der Waals surface area contributed by atoms with Crippen molar-refractivity contribution >= 4 is 21.9 Å². The van der Waals surface area contributed by atoms with Crippen molar-refractivity contribution in [3.05, 3.63) is 18.0 Å². The normalized spacial score (nSPS) is 18.0. The molecule has 0 aliphatic carbocycles. The zero-order valence-electron chi connectivity index (χ0n) is 15.2. The summed E-state index contributed by atoms with van der Waals surface area (Å²) in [6.07, 6.45) is 2.41. The van der Waals surface area contributed by atoms with Crippen molar-refractivity contribution in [1.29, 1.82) is 0 Å². The van der Waals surface area contributed by atoms with Gasteiger partial charge in [0.2, 0.25) is 15.9 Å². The molecule has 0 aromatic carbocycles. The number of ether oxygens (including phenoxy) is 2. The van der Waals surface area contributed by atoms with Crippen LogP contribution in [0.4, 0.5) is 0 Å². The van der Waals surface area contributed by atoms with E-state index in [1.165, 1.54) is 28.2 Å². The average molecular weight is 387 g/mol. The van der Waals surface area contributed by atoms with Gasteiger partial charge in [0, 0.05) is 33.4 Å². The summed E-state index contributed by atoms with van der Waals surface area (Å²) < 4.78 is 38.4. The topological polar surface area (TPSA) is 107 Å². The van der Waals surface area contributed by atoms with Gasteiger partial charge < -0.3 is 19.4 Å². The van der Waals surface area contributed by atoms with Gasteiger partial charge in [-0.2, -0.15) is 4.31 Å². The lowest BCUT2D eigenvalue weighted by Gasteiger charge is -2.22. The van der Waals surface area contributed by atoms with Crippen LogP contribution in [0.1, 0.15) is 30.3 Å². The summed E-state index contributed by atoms with van der Waals surface area (Å²) in [6.45, 7) is 2.80. The number of amides is 1. The first kappa shape index (κ1) is 20.4. The van der Waals surface area contributed by atoms with Gasteiger partial charge in [0.25, 0.3) is 0 Å². The molecule has 9 nitrogen and oxygen atoms in total. The minimum absolute atomic E-state index is 0.0281. The van der Waals surface area contributed by atoms with E-state index in [-0.39, 0.29) is 29.6 Å². The molecular formula is C16H25N3O6S. The lowest BCUT2D eigenvalue weighted by molar-refractivity contribution is -0.124. The number of aromatic nitrogens is 1. The van der Waals surface area contributed by atoms with E-state index in [9.17, 15) is 18.0 Å². The highest BCUT2D eigenvalue weighted by molar-refractivity contribution is 7.89. The number of carbonyl (C=O) groups excluding carboxylic acids is 2. The fourth-order valence-electron chi connectivity index (χ4n) is 2.90. The molecule has 1 N–H and O–H groups in total. The second-order valence-electron chi connectivity index (χ2n) is 5.95. The van der Waals surface area contributed by atoms with Crippen LogP contribution in [0.5, 0.6) is 0 Å². The third kappa shape index (κ3) is 4.25. The van der Waals surface area contributed by atoms with E-state index >= 15 is 0 Å². The number of aryl methyl sites for hydroxylation is 1. The standard InChI is InChI=1S/C16H25N3O6S/c1-4-25-16(21)14-10-12(11-18(14)2)26(22,23)19-8-5-6-13(19)15(20)17-7-9-24-3/h10-11,13H,4-9H2,1-3H3,(H,17,20). The number of sulfonamides is 1. The Morgan fingerprint density at radius 3 is 2.77 bits per heavy atom. The predicted octanol–water partition coefficient (Wildman–Crippen LogP) is 0.118. The van der Waals surface area contributed by atoms with E-state index in [2.05, 4.69) is 5.32 Å². The van der Waals surface area contributed by atoms with E-state index in [0.29, 0.717) is 26.0 Å². The van der Waals surface area contributed by atoms with Gasteiger partial charge in [-0.05, 0) is 25.8 Å². The van der Waals surface area contributed by atoms with Crippen molar-refractivity contribution in [2.75, 3.05) is 33.4 Å². The smallest absolute Gasteiger partial charge is 0.354 e. The average Bonchev–Trinajstić information content (AvgIpc) is 3.22. The van der Waals surface area contributed by atoms with Gasteiger partial charge in [-0.3, -0.25) is 4.79 Å². The molecule has 1 unspecified atom stereocenters. The molecule has 1 amide bonds. The third-order valence-corrected chi connectivity index (χ3v) is 6.06. The predicted molar refractivity (Wildman–Crippen MR) is 93.2 cm³/mol. The van der Waals surface area contributed by atoms with Gasteiger partial charge >= 0.3 is 5.97 Å². The molecule has 1 aromatic heterocycles. The molecule has 26 heavy (non-hydrogen) atoms. The fourth-order valence-corrected chi connectivity index (χ4v) is 4.63. The quantitative estimate of drug-likeness (QED) is 0.501. The number of esters is 1. The number of carbonyl (C=O) groups is 2. The summed E-state index contributed by atoms with van der Waals surface area (Å²) in [6, 6.07) is 0.522. The highest BCUT2D eigenvalue weighted by atomic mass is 32.2. The first-order valence-corrected chi connectivity index (χ1v) is 9.89. The van der Waals surface area contributed by atoms with Crippen LogP contribution in [0, 0.1) is 0 Å². The van der Waals surface area contributed by atoms with Crippen LogP contribution in [0.25, 0.3) is 0 Å². The van der Waals surface area contributed by atoms with Crippen LogP contribution in [-0.4, -0.2) is 68.6 Å². The third-order valence-electron chi connectivity index (χ3n) is 4.18. The van der Waals surface area contributed by atoms with Crippen LogP contribution < -0.4 is 5.32 Å². The summed E-state index contributed by atoms with van der Waals surface area (Å²) in [7, 11) is -0.805. The molecule has 0 spiro atoms. The van der Waals surface area contributed by atoms with E-state index in [4.69, 9.17) is 9.47 Å². The molecule has 10 heteroatoms. The summed E-state index contributed by atoms with van der Waals surface area (Å²) in [5, 5.41) is 2.68. The summed E-state index contributed by atoms with van der Waals surface area (Å²) in [5.41, 5.74) is 0.144. The maximum atomic E-state index is 13.0. The molecule has 146 valence electrons. The zero-order chi connectivity index (χ0) is 19.3.